The van der Waals surface area contributed by atoms with Crippen molar-refractivity contribution >= 4 is 23.2 Å². The minimum Gasteiger partial charge on any atom is -0.495 e. The van der Waals surface area contributed by atoms with E-state index in [0.29, 0.717) is 35.7 Å². The van der Waals surface area contributed by atoms with Gasteiger partial charge in [0.15, 0.2) is 0 Å². The molecule has 1 N–H and O–H groups in total. The number of amides is 2. The number of aryl methyl sites for hydroxylation is 1. The monoisotopic (exact) mass is 446 g/mol. The first-order valence-electron chi connectivity index (χ1n) is 11.3. The summed E-state index contributed by atoms with van der Waals surface area (Å²) < 4.78 is 7.31. The van der Waals surface area contributed by atoms with Crippen LogP contribution in [0.15, 0.2) is 48.7 Å². The molecule has 1 aliphatic rings. The number of anilines is 2. The minimum atomic E-state index is -0.238. The average molecular weight is 447 g/mol. The molecule has 2 heterocycles. The number of methoxy groups -OCH3 is 1. The standard InChI is InChI=1S/C26H30N4O3/c1-17(2)25-21(16-27-30(25)20-11-8-18(3)9-12-20)26(32)28-19-10-13-23(33-4)22(15-19)29-14-6-5-7-24(29)31/h8-13,15-17H,5-7,14H2,1-4H3,(H,28,32). The number of carbonyl (C=O) groups excluding carboxylic acids is 2. The predicted molar refractivity (Wildman–Crippen MR) is 130 cm³/mol. The molecule has 0 spiro atoms. The first-order chi connectivity index (χ1) is 15.9. The van der Waals surface area contributed by atoms with Crippen LogP contribution in [0.1, 0.15) is 60.6 Å². The van der Waals surface area contributed by atoms with E-state index in [4.69, 9.17) is 4.74 Å². The number of hydrogen-bond donors (Lipinski definition) is 1. The quantitative estimate of drug-likeness (QED) is 0.573. The molecule has 1 aliphatic heterocycles. The van der Waals surface area contributed by atoms with Gasteiger partial charge in [0.1, 0.15) is 5.75 Å². The zero-order valence-electron chi connectivity index (χ0n) is 19.6. The molecule has 1 saturated heterocycles. The molecule has 172 valence electrons. The van der Waals surface area contributed by atoms with Crippen LogP contribution in [-0.2, 0) is 4.79 Å². The molecule has 2 amide bonds. The van der Waals surface area contributed by atoms with E-state index in [0.717, 1.165) is 29.8 Å². The second kappa shape index (κ2) is 9.48. The SMILES string of the molecule is COc1ccc(NC(=O)c2cnn(-c3ccc(C)cc3)c2C(C)C)cc1N1CCCCC1=O. The Labute approximate surface area is 194 Å². The van der Waals surface area contributed by atoms with E-state index in [1.165, 1.54) is 0 Å². The lowest BCUT2D eigenvalue weighted by Gasteiger charge is -2.28. The maximum atomic E-state index is 13.3. The van der Waals surface area contributed by atoms with E-state index in [-0.39, 0.29) is 17.7 Å². The van der Waals surface area contributed by atoms with Crippen LogP contribution in [0.5, 0.6) is 5.75 Å². The number of rotatable bonds is 6. The van der Waals surface area contributed by atoms with Gasteiger partial charge in [-0.2, -0.15) is 5.10 Å². The van der Waals surface area contributed by atoms with Crippen LogP contribution in [0.2, 0.25) is 0 Å². The van der Waals surface area contributed by atoms with E-state index in [1.807, 2.05) is 49.7 Å². The summed E-state index contributed by atoms with van der Waals surface area (Å²) in [4.78, 5) is 27.5. The van der Waals surface area contributed by atoms with Gasteiger partial charge in [-0.15, -0.1) is 0 Å². The highest BCUT2D eigenvalue weighted by atomic mass is 16.5. The number of hydrogen-bond acceptors (Lipinski definition) is 4. The van der Waals surface area contributed by atoms with Gasteiger partial charge in [0.2, 0.25) is 5.91 Å². The third kappa shape index (κ3) is 4.62. The van der Waals surface area contributed by atoms with Crippen molar-refractivity contribution in [3.63, 3.8) is 0 Å². The molecule has 7 heteroatoms. The fourth-order valence-corrected chi connectivity index (χ4v) is 4.22. The van der Waals surface area contributed by atoms with Crippen LogP contribution >= 0.6 is 0 Å². The van der Waals surface area contributed by atoms with E-state index >= 15 is 0 Å². The second-order valence-electron chi connectivity index (χ2n) is 8.69. The van der Waals surface area contributed by atoms with Gasteiger partial charge in [0.25, 0.3) is 5.91 Å². The Hall–Kier alpha value is -3.61. The zero-order chi connectivity index (χ0) is 23.5. The first-order valence-corrected chi connectivity index (χ1v) is 11.3. The van der Waals surface area contributed by atoms with E-state index in [2.05, 4.69) is 10.4 Å². The number of nitrogens with zero attached hydrogens (tertiary/aromatic N) is 3. The average Bonchev–Trinajstić information content (AvgIpc) is 3.26. The van der Waals surface area contributed by atoms with Crippen molar-refractivity contribution in [2.75, 3.05) is 23.9 Å². The Morgan fingerprint density at radius 2 is 1.88 bits per heavy atom. The zero-order valence-corrected chi connectivity index (χ0v) is 19.6. The van der Waals surface area contributed by atoms with E-state index in [9.17, 15) is 9.59 Å². The molecule has 0 aliphatic carbocycles. The molecule has 0 saturated carbocycles. The highest BCUT2D eigenvalue weighted by molar-refractivity contribution is 6.06. The molecular formula is C26H30N4O3. The smallest absolute Gasteiger partial charge is 0.259 e. The van der Waals surface area contributed by atoms with Crippen LogP contribution in [-0.4, -0.2) is 35.2 Å². The summed E-state index contributed by atoms with van der Waals surface area (Å²) in [7, 11) is 1.58. The summed E-state index contributed by atoms with van der Waals surface area (Å²) in [6.45, 7) is 6.78. The number of carbonyl (C=O) groups is 2. The Balaban J connectivity index is 1.64. The van der Waals surface area contributed by atoms with Crippen LogP contribution in [0.25, 0.3) is 5.69 Å². The third-order valence-corrected chi connectivity index (χ3v) is 5.93. The number of piperidine rings is 1. The number of ether oxygens (including phenoxy) is 1. The predicted octanol–water partition coefficient (Wildman–Crippen LogP) is 5.08. The minimum absolute atomic E-state index is 0.0736. The van der Waals surface area contributed by atoms with Crippen LogP contribution in [0.3, 0.4) is 0 Å². The molecule has 3 aromatic rings. The Bertz CT molecular complexity index is 1160. The van der Waals surface area contributed by atoms with Gasteiger partial charge in [-0.25, -0.2) is 4.68 Å². The molecule has 33 heavy (non-hydrogen) atoms. The van der Waals surface area contributed by atoms with Crippen LogP contribution in [0.4, 0.5) is 11.4 Å². The van der Waals surface area contributed by atoms with Crippen molar-refractivity contribution < 1.29 is 14.3 Å². The molecule has 0 bridgehead atoms. The van der Waals surface area contributed by atoms with Crippen molar-refractivity contribution in [2.45, 2.75) is 46.0 Å². The molecule has 0 atom stereocenters. The van der Waals surface area contributed by atoms with Gasteiger partial charge in [-0.05, 0) is 56.0 Å². The molecule has 2 aromatic carbocycles. The summed E-state index contributed by atoms with van der Waals surface area (Å²) in [5.41, 5.74) is 4.73. The Kier molecular flexibility index (Phi) is 6.49. The van der Waals surface area contributed by atoms with E-state index in [1.54, 1.807) is 36.4 Å². The fourth-order valence-electron chi connectivity index (χ4n) is 4.22. The van der Waals surface area contributed by atoms with Crippen molar-refractivity contribution in [2.24, 2.45) is 0 Å². The second-order valence-corrected chi connectivity index (χ2v) is 8.69. The maximum absolute atomic E-state index is 13.3. The Morgan fingerprint density at radius 3 is 2.55 bits per heavy atom. The highest BCUT2D eigenvalue weighted by Gasteiger charge is 2.24. The lowest BCUT2D eigenvalue weighted by Crippen LogP contribution is -2.35. The molecule has 0 unspecified atom stereocenters. The first kappa shape index (κ1) is 22.6. The van der Waals surface area contributed by atoms with Crippen molar-refractivity contribution in [3.8, 4) is 11.4 Å². The molecule has 4 rings (SSSR count). The summed E-state index contributed by atoms with van der Waals surface area (Å²) in [6.07, 6.45) is 3.98. The van der Waals surface area contributed by atoms with Gasteiger partial charge in [-0.1, -0.05) is 31.5 Å². The molecule has 1 aromatic heterocycles. The van der Waals surface area contributed by atoms with Crippen molar-refractivity contribution in [1.82, 2.24) is 9.78 Å². The highest BCUT2D eigenvalue weighted by Crippen LogP contribution is 2.34. The largest absolute Gasteiger partial charge is 0.495 e. The fraction of sp³-hybridized carbons (Fsp3) is 0.346. The van der Waals surface area contributed by atoms with Crippen molar-refractivity contribution in [3.05, 3.63) is 65.5 Å². The summed E-state index contributed by atoms with van der Waals surface area (Å²) in [5.74, 6) is 0.535. The normalized spacial score (nSPS) is 14.0. The van der Waals surface area contributed by atoms with Crippen molar-refractivity contribution in [1.29, 1.82) is 0 Å². The van der Waals surface area contributed by atoms with Gasteiger partial charge in [0.05, 0.1) is 35.9 Å². The molecule has 0 radical (unpaired) electrons. The Morgan fingerprint density at radius 1 is 1.12 bits per heavy atom. The summed E-state index contributed by atoms with van der Waals surface area (Å²) in [5, 5.41) is 7.50. The summed E-state index contributed by atoms with van der Waals surface area (Å²) in [6, 6.07) is 13.4. The van der Waals surface area contributed by atoms with Gasteiger partial charge in [0, 0.05) is 18.7 Å². The number of benzene rings is 2. The third-order valence-electron chi connectivity index (χ3n) is 5.93. The number of nitrogens with one attached hydrogen (secondary N) is 1. The lowest BCUT2D eigenvalue weighted by molar-refractivity contribution is -0.119. The lowest BCUT2D eigenvalue weighted by atomic mass is 10.0. The number of aromatic nitrogens is 2. The molecule has 1 fully saturated rings. The molecule has 7 nitrogen and oxygen atoms in total. The van der Waals surface area contributed by atoms with E-state index < -0.39 is 0 Å². The maximum Gasteiger partial charge on any atom is 0.259 e. The van der Waals surface area contributed by atoms with Gasteiger partial charge < -0.3 is 15.0 Å². The van der Waals surface area contributed by atoms with Gasteiger partial charge in [-0.3, -0.25) is 9.59 Å². The van der Waals surface area contributed by atoms with Gasteiger partial charge >= 0.3 is 0 Å². The summed E-state index contributed by atoms with van der Waals surface area (Å²) >= 11 is 0. The topological polar surface area (TPSA) is 76.5 Å². The van der Waals surface area contributed by atoms with Crippen LogP contribution < -0.4 is 15.0 Å². The van der Waals surface area contributed by atoms with Crippen LogP contribution in [0, 0.1) is 6.92 Å². The molecular weight excluding hydrogens is 416 g/mol.